The van der Waals surface area contributed by atoms with Crippen molar-refractivity contribution in [2.24, 2.45) is 0 Å². The van der Waals surface area contributed by atoms with E-state index in [2.05, 4.69) is 46.3 Å². The van der Waals surface area contributed by atoms with Gasteiger partial charge in [-0.1, -0.05) is 19.2 Å². The molecule has 5 nitrogen and oxygen atoms in total. The first-order valence-electron chi connectivity index (χ1n) is 9.33. The number of rotatable bonds is 6. The van der Waals surface area contributed by atoms with Crippen LogP contribution in [0.4, 0.5) is 11.6 Å². The van der Waals surface area contributed by atoms with E-state index in [1.54, 1.807) is 6.08 Å². The van der Waals surface area contributed by atoms with Crippen molar-refractivity contribution in [3.8, 4) is 0 Å². The van der Waals surface area contributed by atoms with E-state index < -0.39 is 0 Å². The van der Waals surface area contributed by atoms with E-state index in [0.717, 1.165) is 54.8 Å². The van der Waals surface area contributed by atoms with Crippen molar-refractivity contribution < 1.29 is 0 Å². The summed E-state index contributed by atoms with van der Waals surface area (Å²) in [6.45, 7) is 11.7. The minimum Gasteiger partial charge on any atom is -0.355 e. The van der Waals surface area contributed by atoms with Gasteiger partial charge >= 0.3 is 0 Å². The molecule has 2 fully saturated rings. The van der Waals surface area contributed by atoms with Gasteiger partial charge in [-0.05, 0) is 36.4 Å². The fourth-order valence-electron chi connectivity index (χ4n) is 3.81. The molecule has 0 aromatic carbocycles. The predicted octanol–water partition coefficient (Wildman–Crippen LogP) is 3.70. The third-order valence-corrected chi connectivity index (χ3v) is 6.48. The van der Waals surface area contributed by atoms with Gasteiger partial charge in [-0.15, -0.1) is 0 Å². The first-order valence-corrected chi connectivity index (χ1v) is 10.6. The number of nitrogens with zero attached hydrogens (tertiary/aromatic N) is 5. The van der Waals surface area contributed by atoms with Crippen molar-refractivity contribution in [1.29, 1.82) is 0 Å². The van der Waals surface area contributed by atoms with Gasteiger partial charge in [0.2, 0.25) is 0 Å². The average Bonchev–Trinajstić information content (AvgIpc) is 3.16. The van der Waals surface area contributed by atoms with Crippen molar-refractivity contribution in [1.82, 2.24) is 15.0 Å². The lowest BCUT2D eigenvalue weighted by Crippen LogP contribution is -2.46. The van der Waals surface area contributed by atoms with Crippen molar-refractivity contribution in [2.45, 2.75) is 17.6 Å². The highest BCUT2D eigenvalue weighted by atomic mass is 32.2. The highest BCUT2D eigenvalue weighted by Crippen LogP contribution is 2.35. The Hall–Kier alpha value is -2.34. The molecule has 2 saturated heterocycles. The second-order valence-electron chi connectivity index (χ2n) is 7.01. The normalized spacial score (nSPS) is 19.8. The third kappa shape index (κ3) is 3.46. The topological polar surface area (TPSA) is 45.2 Å². The van der Waals surface area contributed by atoms with E-state index in [-0.39, 0.29) is 0 Å². The van der Waals surface area contributed by atoms with Gasteiger partial charge in [-0.2, -0.15) is 11.8 Å². The Labute approximate surface area is 165 Å². The highest BCUT2D eigenvalue weighted by molar-refractivity contribution is 7.99. The molecule has 0 spiro atoms. The Balaban J connectivity index is 1.49. The zero-order chi connectivity index (χ0) is 18.8. The van der Waals surface area contributed by atoms with E-state index in [1.165, 1.54) is 6.42 Å². The minimum atomic E-state index is 0.398. The molecular weight excluding hydrogens is 354 g/mol. The smallest absolute Gasteiger partial charge is 0.150 e. The molecule has 27 heavy (non-hydrogen) atoms. The van der Waals surface area contributed by atoms with Crippen LogP contribution in [0, 0.1) is 0 Å². The lowest BCUT2D eigenvalue weighted by atomic mass is 9.95. The molecule has 4 heterocycles. The first-order chi connectivity index (χ1) is 13.2. The van der Waals surface area contributed by atoms with Crippen LogP contribution in [0.25, 0.3) is 12.2 Å². The summed E-state index contributed by atoms with van der Waals surface area (Å²) >= 11 is 1.95. The van der Waals surface area contributed by atoms with Crippen LogP contribution in [0.1, 0.15) is 29.3 Å². The summed E-state index contributed by atoms with van der Waals surface area (Å²) in [5.74, 6) is 2.45. The van der Waals surface area contributed by atoms with E-state index >= 15 is 0 Å². The summed E-state index contributed by atoms with van der Waals surface area (Å²) in [6.07, 6.45) is 10.6. The lowest BCUT2D eigenvalue weighted by molar-refractivity contribution is 0.506. The van der Waals surface area contributed by atoms with E-state index in [1.807, 2.05) is 30.2 Å². The monoisotopic (exact) mass is 379 g/mol. The number of hydrogen-bond acceptors (Lipinski definition) is 6. The fraction of sp³-hybridized carbons (Fsp3) is 0.381. The zero-order valence-corrected chi connectivity index (χ0v) is 16.5. The van der Waals surface area contributed by atoms with Gasteiger partial charge < -0.3 is 9.80 Å². The molecule has 2 aliphatic rings. The number of aromatic nitrogens is 3. The standard InChI is InChI=1S/C21H25N5S/c1-4-15-6-7-19(24-18(15)5-2)26-12-16(13-26)20-21(23-10-9-22-20)25-11-8-17(14-25)27-3/h4-7,9-10,16-17H,1-2,8,11-14H2,3H3. The Bertz CT molecular complexity index is 846. The maximum atomic E-state index is 4.72. The van der Waals surface area contributed by atoms with Gasteiger partial charge in [0.15, 0.2) is 5.82 Å². The molecule has 1 unspecified atom stereocenters. The molecule has 0 bridgehead atoms. The van der Waals surface area contributed by atoms with Gasteiger partial charge in [0.25, 0.3) is 0 Å². The number of anilines is 2. The summed E-state index contributed by atoms with van der Waals surface area (Å²) < 4.78 is 0. The van der Waals surface area contributed by atoms with Crippen LogP contribution in [-0.2, 0) is 0 Å². The SMILES string of the molecule is C=Cc1ccc(N2CC(c3nccnc3N3CCC(SC)C3)C2)nc1C=C. The van der Waals surface area contributed by atoms with Crippen LogP contribution in [0.3, 0.4) is 0 Å². The number of hydrogen-bond donors (Lipinski definition) is 0. The molecule has 0 saturated carbocycles. The van der Waals surface area contributed by atoms with E-state index in [9.17, 15) is 0 Å². The third-order valence-electron chi connectivity index (χ3n) is 5.43. The lowest BCUT2D eigenvalue weighted by Gasteiger charge is -2.41. The molecule has 2 aromatic heterocycles. The summed E-state index contributed by atoms with van der Waals surface area (Å²) in [7, 11) is 0. The molecule has 0 aliphatic carbocycles. The summed E-state index contributed by atoms with van der Waals surface area (Å²) in [4.78, 5) is 18.8. The minimum absolute atomic E-state index is 0.398. The van der Waals surface area contributed by atoms with Crippen molar-refractivity contribution in [2.75, 3.05) is 42.2 Å². The molecule has 2 aromatic rings. The van der Waals surface area contributed by atoms with Crippen molar-refractivity contribution in [3.05, 3.63) is 54.6 Å². The fourth-order valence-corrected chi connectivity index (χ4v) is 4.48. The van der Waals surface area contributed by atoms with Crippen LogP contribution in [-0.4, -0.2) is 52.6 Å². The van der Waals surface area contributed by atoms with Crippen LogP contribution < -0.4 is 9.80 Å². The summed E-state index contributed by atoms with van der Waals surface area (Å²) in [5, 5.41) is 0.697. The Morgan fingerprint density at radius 1 is 1.07 bits per heavy atom. The van der Waals surface area contributed by atoms with Gasteiger partial charge in [0.1, 0.15) is 5.82 Å². The van der Waals surface area contributed by atoms with Gasteiger partial charge in [-0.25, -0.2) is 9.97 Å². The Kier molecular flexibility index (Phi) is 5.16. The second-order valence-corrected chi connectivity index (χ2v) is 8.15. The second kappa shape index (κ2) is 7.72. The maximum absolute atomic E-state index is 4.72. The highest BCUT2D eigenvalue weighted by Gasteiger charge is 2.34. The van der Waals surface area contributed by atoms with Gasteiger partial charge in [0, 0.05) is 49.7 Å². The zero-order valence-electron chi connectivity index (χ0n) is 15.7. The van der Waals surface area contributed by atoms with E-state index in [4.69, 9.17) is 9.97 Å². The first kappa shape index (κ1) is 18.0. The molecule has 0 amide bonds. The Morgan fingerprint density at radius 2 is 1.89 bits per heavy atom. The van der Waals surface area contributed by atoms with Crippen LogP contribution in [0.2, 0.25) is 0 Å². The Morgan fingerprint density at radius 3 is 2.59 bits per heavy atom. The molecule has 6 heteroatoms. The largest absolute Gasteiger partial charge is 0.355 e. The quantitative estimate of drug-likeness (QED) is 0.763. The number of pyridine rings is 1. The number of thioether (sulfide) groups is 1. The molecule has 0 radical (unpaired) electrons. The van der Waals surface area contributed by atoms with Crippen molar-refractivity contribution in [3.63, 3.8) is 0 Å². The van der Waals surface area contributed by atoms with E-state index in [0.29, 0.717) is 11.2 Å². The maximum Gasteiger partial charge on any atom is 0.150 e. The van der Waals surface area contributed by atoms with Crippen molar-refractivity contribution >= 4 is 35.5 Å². The van der Waals surface area contributed by atoms with Gasteiger partial charge in [0.05, 0.1) is 11.4 Å². The molecule has 0 N–H and O–H groups in total. The summed E-state index contributed by atoms with van der Waals surface area (Å²) in [5.41, 5.74) is 3.02. The van der Waals surface area contributed by atoms with Crippen LogP contribution >= 0.6 is 11.8 Å². The predicted molar refractivity (Wildman–Crippen MR) is 116 cm³/mol. The molecule has 140 valence electrons. The van der Waals surface area contributed by atoms with Crippen LogP contribution in [0.15, 0.2) is 37.7 Å². The molecule has 2 aliphatic heterocycles. The molecule has 4 rings (SSSR count). The molecule has 1 atom stereocenters. The van der Waals surface area contributed by atoms with Gasteiger partial charge in [-0.3, -0.25) is 4.98 Å². The summed E-state index contributed by atoms with van der Waals surface area (Å²) in [6, 6.07) is 4.11. The molecular formula is C21H25N5S. The average molecular weight is 380 g/mol. The van der Waals surface area contributed by atoms with Crippen LogP contribution in [0.5, 0.6) is 0 Å².